The van der Waals surface area contributed by atoms with E-state index in [9.17, 15) is 20.1 Å². The second-order valence-corrected chi connectivity index (χ2v) is 8.92. The molecule has 0 radical (unpaired) electrons. The fraction of sp³-hybridized carbons (Fsp3) is 0.458. The molecule has 8 heteroatoms. The molecule has 2 aliphatic heterocycles. The zero-order valence-corrected chi connectivity index (χ0v) is 18.8. The summed E-state index contributed by atoms with van der Waals surface area (Å²) in [5, 5.41) is 32.3. The summed E-state index contributed by atoms with van der Waals surface area (Å²) in [5.74, 6) is 0.667. The first-order valence-corrected chi connectivity index (χ1v) is 11.1. The van der Waals surface area contributed by atoms with Gasteiger partial charge in [0.15, 0.2) is 0 Å². The monoisotopic (exact) mass is 461 g/mol. The molecule has 32 heavy (non-hydrogen) atoms. The lowest BCUT2D eigenvalue weighted by Crippen LogP contribution is -2.75. The van der Waals surface area contributed by atoms with Crippen molar-refractivity contribution < 1.29 is 29.6 Å². The Kier molecular flexibility index (Phi) is 6.47. The highest BCUT2D eigenvalue weighted by Gasteiger charge is 2.60. The lowest BCUT2D eigenvalue weighted by atomic mass is 9.78. The Hall–Kier alpha value is -2.16. The number of amides is 1. The summed E-state index contributed by atoms with van der Waals surface area (Å²) in [4.78, 5) is 13.2. The maximum atomic E-state index is 11.6. The van der Waals surface area contributed by atoms with E-state index in [-0.39, 0.29) is 19.0 Å². The summed E-state index contributed by atoms with van der Waals surface area (Å²) in [6.07, 6.45) is -4.30. The highest BCUT2D eigenvalue weighted by molar-refractivity contribution is 6.31. The molecule has 2 aromatic carbocycles. The molecule has 2 saturated heterocycles. The number of halogens is 1. The zero-order valence-electron chi connectivity index (χ0n) is 18.1. The van der Waals surface area contributed by atoms with Crippen LogP contribution < -0.4 is 4.74 Å². The number of nitrogens with zero attached hydrogens (tertiary/aromatic N) is 1. The molecule has 0 unspecified atom stereocenters. The van der Waals surface area contributed by atoms with Gasteiger partial charge in [-0.25, -0.2) is 0 Å². The third-order valence-corrected chi connectivity index (χ3v) is 6.64. The van der Waals surface area contributed by atoms with E-state index in [2.05, 4.69) is 0 Å². The molecule has 7 nitrogen and oxygen atoms in total. The summed E-state index contributed by atoms with van der Waals surface area (Å²) in [6.45, 7) is 4.30. The van der Waals surface area contributed by atoms with Crippen LogP contribution in [0.2, 0.25) is 5.02 Å². The molecular weight excluding hydrogens is 434 g/mol. The van der Waals surface area contributed by atoms with Gasteiger partial charge in [-0.1, -0.05) is 35.9 Å². The molecule has 2 fully saturated rings. The van der Waals surface area contributed by atoms with Crippen molar-refractivity contribution in [3.05, 3.63) is 64.2 Å². The molecule has 3 N–H and O–H groups in total. The smallest absolute Gasteiger partial charge is 0.219 e. The number of likely N-dealkylation sites (tertiary alicyclic amines) is 1. The molecule has 172 valence electrons. The maximum absolute atomic E-state index is 11.6. The summed E-state index contributed by atoms with van der Waals surface area (Å²) in [6, 6.07) is 13.1. The van der Waals surface area contributed by atoms with Gasteiger partial charge < -0.3 is 29.7 Å². The van der Waals surface area contributed by atoms with Crippen molar-refractivity contribution in [1.82, 2.24) is 4.90 Å². The number of carbonyl (C=O) groups excluding carboxylic acids is 1. The van der Waals surface area contributed by atoms with E-state index < -0.39 is 30.0 Å². The molecule has 2 aromatic rings. The summed E-state index contributed by atoms with van der Waals surface area (Å²) >= 11 is 6.44. The molecule has 4 rings (SSSR count). The third kappa shape index (κ3) is 4.23. The van der Waals surface area contributed by atoms with Crippen molar-refractivity contribution in [3.63, 3.8) is 0 Å². The van der Waals surface area contributed by atoms with E-state index in [1.807, 2.05) is 37.3 Å². The first-order valence-electron chi connectivity index (χ1n) is 10.7. The van der Waals surface area contributed by atoms with Crippen molar-refractivity contribution in [3.8, 4) is 5.75 Å². The van der Waals surface area contributed by atoms with Crippen molar-refractivity contribution in [2.75, 3.05) is 19.7 Å². The number of aliphatic hydroxyl groups excluding tert-OH is 3. The van der Waals surface area contributed by atoms with Gasteiger partial charge in [0.05, 0.1) is 19.7 Å². The van der Waals surface area contributed by atoms with Gasteiger partial charge in [0.25, 0.3) is 0 Å². The van der Waals surface area contributed by atoms with Crippen LogP contribution in [0.4, 0.5) is 0 Å². The number of carbonyl (C=O) groups is 1. The Labute approximate surface area is 192 Å². The van der Waals surface area contributed by atoms with Gasteiger partial charge in [-0.05, 0) is 48.2 Å². The standard InChI is InChI=1S/C24H28ClNO6/c1-3-31-18-7-4-15(5-8-18)10-17-11-16(6-9-19(17)25)22-20(28)21(29)23(30)24(32-22)12-26(13-24)14(2)27/h4-9,11,20-23,28-30H,3,10,12-13H2,1-2H3/t20-,21-,22+,23+/m1/s1. The average Bonchev–Trinajstić information content (AvgIpc) is 2.74. The second-order valence-electron chi connectivity index (χ2n) is 8.51. The quantitative estimate of drug-likeness (QED) is 0.630. The third-order valence-electron chi connectivity index (χ3n) is 6.27. The highest BCUT2D eigenvalue weighted by atomic mass is 35.5. The fourth-order valence-corrected chi connectivity index (χ4v) is 4.60. The molecule has 1 amide bonds. The molecule has 0 bridgehead atoms. The van der Waals surface area contributed by atoms with E-state index in [0.717, 1.165) is 16.9 Å². The summed E-state index contributed by atoms with van der Waals surface area (Å²) in [5.41, 5.74) is 1.43. The topological polar surface area (TPSA) is 99.5 Å². The van der Waals surface area contributed by atoms with Gasteiger partial charge in [0.2, 0.25) is 5.91 Å². The Bertz CT molecular complexity index is 975. The van der Waals surface area contributed by atoms with Crippen LogP contribution >= 0.6 is 11.6 Å². The molecular formula is C24H28ClNO6. The average molecular weight is 462 g/mol. The van der Waals surface area contributed by atoms with Crippen LogP contribution in [-0.2, 0) is 16.0 Å². The van der Waals surface area contributed by atoms with Gasteiger partial charge in [0.1, 0.15) is 35.8 Å². The number of hydrogen-bond donors (Lipinski definition) is 3. The SMILES string of the molecule is CCOc1ccc(Cc2cc([C@@H]3OC4(CN(C(C)=O)C4)[C@@H](O)[C@H](O)[C@H]3O)ccc2Cl)cc1. The maximum Gasteiger partial charge on any atom is 0.219 e. The van der Waals surface area contributed by atoms with Crippen molar-refractivity contribution in [2.24, 2.45) is 0 Å². The minimum atomic E-state index is -1.40. The largest absolute Gasteiger partial charge is 0.494 e. The second kappa shape index (κ2) is 9.00. The van der Waals surface area contributed by atoms with E-state index in [4.69, 9.17) is 21.1 Å². The molecule has 4 atom stereocenters. The Morgan fingerprint density at radius 2 is 1.84 bits per heavy atom. The predicted octanol–water partition coefficient (Wildman–Crippen LogP) is 2.08. The minimum Gasteiger partial charge on any atom is -0.494 e. The predicted molar refractivity (Wildman–Crippen MR) is 119 cm³/mol. The van der Waals surface area contributed by atoms with Crippen LogP contribution in [0, 0.1) is 0 Å². The lowest BCUT2D eigenvalue weighted by Gasteiger charge is -2.57. The van der Waals surface area contributed by atoms with Crippen LogP contribution in [0.1, 0.15) is 36.6 Å². The van der Waals surface area contributed by atoms with E-state index in [1.165, 1.54) is 11.8 Å². The molecule has 0 aromatic heterocycles. The number of aliphatic hydroxyl groups is 3. The first-order chi connectivity index (χ1) is 15.2. The van der Waals surface area contributed by atoms with Crippen molar-refractivity contribution in [1.29, 1.82) is 0 Å². The van der Waals surface area contributed by atoms with Gasteiger partial charge in [0, 0.05) is 11.9 Å². The van der Waals surface area contributed by atoms with Crippen LogP contribution in [0.15, 0.2) is 42.5 Å². The normalized spacial score (nSPS) is 26.6. The number of rotatable bonds is 5. The Morgan fingerprint density at radius 1 is 1.16 bits per heavy atom. The number of hydrogen-bond acceptors (Lipinski definition) is 6. The minimum absolute atomic E-state index is 0.132. The van der Waals surface area contributed by atoms with Gasteiger partial charge in [-0.2, -0.15) is 0 Å². The summed E-state index contributed by atoms with van der Waals surface area (Å²) in [7, 11) is 0. The Balaban J connectivity index is 1.57. The molecule has 2 heterocycles. The van der Waals surface area contributed by atoms with Crippen molar-refractivity contribution >= 4 is 17.5 Å². The molecule has 2 aliphatic rings. The van der Waals surface area contributed by atoms with Crippen LogP contribution in [-0.4, -0.2) is 69.7 Å². The summed E-state index contributed by atoms with van der Waals surface area (Å²) < 4.78 is 11.6. The van der Waals surface area contributed by atoms with Crippen LogP contribution in [0.25, 0.3) is 0 Å². The number of benzene rings is 2. The van der Waals surface area contributed by atoms with Crippen LogP contribution in [0.5, 0.6) is 5.75 Å². The number of ether oxygens (including phenoxy) is 2. The van der Waals surface area contributed by atoms with Crippen LogP contribution in [0.3, 0.4) is 0 Å². The van der Waals surface area contributed by atoms with Gasteiger partial charge in [-0.15, -0.1) is 0 Å². The van der Waals surface area contributed by atoms with E-state index in [0.29, 0.717) is 23.6 Å². The van der Waals surface area contributed by atoms with E-state index >= 15 is 0 Å². The van der Waals surface area contributed by atoms with Gasteiger partial charge >= 0.3 is 0 Å². The molecule has 0 saturated carbocycles. The Morgan fingerprint density at radius 3 is 2.47 bits per heavy atom. The lowest BCUT2D eigenvalue weighted by molar-refractivity contribution is -0.303. The molecule has 0 aliphatic carbocycles. The van der Waals surface area contributed by atoms with Gasteiger partial charge in [-0.3, -0.25) is 4.79 Å². The first kappa shape index (κ1) is 23.0. The van der Waals surface area contributed by atoms with Crippen molar-refractivity contribution in [2.45, 2.75) is 50.3 Å². The zero-order chi connectivity index (χ0) is 23.0. The van der Waals surface area contributed by atoms with E-state index in [1.54, 1.807) is 12.1 Å². The highest BCUT2D eigenvalue weighted by Crippen LogP contribution is 2.43. The fourth-order valence-electron chi connectivity index (χ4n) is 4.42. The molecule has 1 spiro atoms.